The molecule has 1 rings (SSSR count). The van der Waals surface area contributed by atoms with Crippen LogP contribution in [0.3, 0.4) is 0 Å². The van der Waals surface area contributed by atoms with Crippen LogP contribution in [-0.2, 0) is 0 Å². The molecular weight excluding hydrogens is 220 g/mol. The Kier molecular flexibility index (Phi) is 7.25. The number of rotatable bonds is 9. The highest BCUT2D eigenvalue weighted by Gasteiger charge is 2.31. The maximum atomic E-state index is 3.58. The van der Waals surface area contributed by atoms with Gasteiger partial charge in [-0.3, -0.25) is 0 Å². The fraction of sp³-hybridized carbons (Fsp3) is 1.00. The highest BCUT2D eigenvalue weighted by molar-refractivity contribution is 4.86. The lowest BCUT2D eigenvalue weighted by atomic mass is 9.81. The van der Waals surface area contributed by atoms with Crippen LogP contribution in [0.4, 0.5) is 0 Å². The predicted molar refractivity (Wildman–Crippen MR) is 81.1 cm³/mol. The van der Waals surface area contributed by atoms with Crippen LogP contribution in [0.1, 0.15) is 66.2 Å². The monoisotopic (exact) mass is 254 g/mol. The summed E-state index contributed by atoms with van der Waals surface area (Å²) in [5.74, 6) is 0. The Hall–Kier alpha value is -0.0800. The Morgan fingerprint density at radius 2 is 1.67 bits per heavy atom. The molecule has 2 heteroatoms. The first-order valence-corrected chi connectivity index (χ1v) is 8.16. The largest absolute Gasteiger partial charge is 0.316 e. The van der Waals surface area contributed by atoms with Gasteiger partial charge in [0.25, 0.3) is 0 Å². The summed E-state index contributed by atoms with van der Waals surface area (Å²) in [6, 6.07) is 0.870. The van der Waals surface area contributed by atoms with Crippen molar-refractivity contribution >= 4 is 0 Å². The third-order valence-corrected chi connectivity index (χ3v) is 5.04. The molecule has 0 radical (unpaired) electrons. The van der Waals surface area contributed by atoms with Gasteiger partial charge in [0, 0.05) is 19.1 Å². The van der Waals surface area contributed by atoms with Gasteiger partial charge in [-0.15, -0.1) is 0 Å². The standard InChI is InChI=1S/C16H34N2/c1-5-16(6-2,13-17-7-3)14-18(8-4)15-11-9-10-12-15/h15,17H,5-14H2,1-4H3. The van der Waals surface area contributed by atoms with Gasteiger partial charge in [0.05, 0.1) is 0 Å². The summed E-state index contributed by atoms with van der Waals surface area (Å²) in [4.78, 5) is 2.76. The lowest BCUT2D eigenvalue weighted by Gasteiger charge is -2.40. The van der Waals surface area contributed by atoms with E-state index in [4.69, 9.17) is 0 Å². The van der Waals surface area contributed by atoms with Crippen LogP contribution in [0.25, 0.3) is 0 Å². The van der Waals surface area contributed by atoms with Crippen molar-refractivity contribution in [1.82, 2.24) is 10.2 Å². The average Bonchev–Trinajstić information content (AvgIpc) is 2.94. The molecular formula is C16H34N2. The summed E-state index contributed by atoms with van der Waals surface area (Å²) < 4.78 is 0. The molecule has 0 aromatic heterocycles. The Morgan fingerprint density at radius 3 is 2.11 bits per heavy atom. The Morgan fingerprint density at radius 1 is 1.06 bits per heavy atom. The second kappa shape index (κ2) is 8.16. The fourth-order valence-corrected chi connectivity index (χ4v) is 3.37. The molecule has 0 atom stereocenters. The molecule has 0 aliphatic heterocycles. The fourth-order valence-electron chi connectivity index (χ4n) is 3.37. The van der Waals surface area contributed by atoms with Gasteiger partial charge in [-0.05, 0) is 44.2 Å². The zero-order valence-electron chi connectivity index (χ0n) is 13.1. The van der Waals surface area contributed by atoms with Gasteiger partial charge >= 0.3 is 0 Å². The van der Waals surface area contributed by atoms with Crippen molar-refractivity contribution in [3.05, 3.63) is 0 Å². The van der Waals surface area contributed by atoms with Crippen molar-refractivity contribution in [2.75, 3.05) is 26.2 Å². The number of hydrogen-bond donors (Lipinski definition) is 1. The molecule has 0 saturated heterocycles. The molecule has 0 heterocycles. The topological polar surface area (TPSA) is 15.3 Å². The van der Waals surface area contributed by atoms with Crippen LogP contribution in [0.2, 0.25) is 0 Å². The maximum Gasteiger partial charge on any atom is 0.00953 e. The molecule has 18 heavy (non-hydrogen) atoms. The molecule has 1 fully saturated rings. The summed E-state index contributed by atoms with van der Waals surface area (Å²) in [6.07, 6.45) is 8.33. The molecule has 1 N–H and O–H groups in total. The third kappa shape index (κ3) is 4.24. The minimum atomic E-state index is 0.481. The van der Waals surface area contributed by atoms with Gasteiger partial charge in [-0.1, -0.05) is 40.5 Å². The van der Waals surface area contributed by atoms with E-state index in [9.17, 15) is 0 Å². The van der Waals surface area contributed by atoms with Crippen LogP contribution in [0, 0.1) is 5.41 Å². The van der Waals surface area contributed by atoms with Crippen LogP contribution in [-0.4, -0.2) is 37.1 Å². The molecule has 1 saturated carbocycles. The number of nitrogens with one attached hydrogen (secondary N) is 1. The van der Waals surface area contributed by atoms with E-state index in [2.05, 4.69) is 37.9 Å². The van der Waals surface area contributed by atoms with Gasteiger partial charge in [-0.25, -0.2) is 0 Å². The van der Waals surface area contributed by atoms with Gasteiger partial charge in [-0.2, -0.15) is 0 Å². The summed E-state index contributed by atoms with van der Waals surface area (Å²) in [5, 5.41) is 3.58. The predicted octanol–water partition coefficient (Wildman–Crippen LogP) is 3.67. The van der Waals surface area contributed by atoms with Crippen LogP contribution < -0.4 is 5.32 Å². The van der Waals surface area contributed by atoms with Gasteiger partial charge < -0.3 is 10.2 Å². The van der Waals surface area contributed by atoms with E-state index in [0.29, 0.717) is 5.41 Å². The molecule has 0 bridgehead atoms. The van der Waals surface area contributed by atoms with E-state index in [1.165, 1.54) is 58.2 Å². The van der Waals surface area contributed by atoms with Crippen LogP contribution >= 0.6 is 0 Å². The van der Waals surface area contributed by atoms with Gasteiger partial charge in [0.1, 0.15) is 0 Å². The minimum Gasteiger partial charge on any atom is -0.316 e. The third-order valence-electron chi connectivity index (χ3n) is 5.04. The number of nitrogens with zero attached hydrogens (tertiary/aromatic N) is 1. The van der Waals surface area contributed by atoms with Crippen molar-refractivity contribution in [3.63, 3.8) is 0 Å². The molecule has 0 unspecified atom stereocenters. The second-order valence-corrected chi connectivity index (χ2v) is 5.99. The zero-order valence-corrected chi connectivity index (χ0v) is 13.1. The average molecular weight is 254 g/mol. The van der Waals surface area contributed by atoms with E-state index in [1.54, 1.807) is 0 Å². The quantitative estimate of drug-likeness (QED) is 0.675. The van der Waals surface area contributed by atoms with E-state index in [1.807, 2.05) is 0 Å². The first-order valence-electron chi connectivity index (χ1n) is 8.16. The molecule has 0 spiro atoms. The molecule has 1 aliphatic rings. The molecule has 2 nitrogen and oxygen atoms in total. The summed E-state index contributed by atoms with van der Waals surface area (Å²) in [6.45, 7) is 14.1. The van der Waals surface area contributed by atoms with E-state index < -0.39 is 0 Å². The van der Waals surface area contributed by atoms with E-state index in [0.717, 1.165) is 12.6 Å². The Balaban J connectivity index is 2.60. The van der Waals surface area contributed by atoms with Crippen molar-refractivity contribution < 1.29 is 0 Å². The van der Waals surface area contributed by atoms with Crippen LogP contribution in [0.15, 0.2) is 0 Å². The second-order valence-electron chi connectivity index (χ2n) is 5.99. The number of hydrogen-bond acceptors (Lipinski definition) is 2. The van der Waals surface area contributed by atoms with Crippen molar-refractivity contribution in [3.8, 4) is 0 Å². The van der Waals surface area contributed by atoms with Gasteiger partial charge in [0.2, 0.25) is 0 Å². The first kappa shape index (κ1) is 16.0. The summed E-state index contributed by atoms with van der Waals surface area (Å²) >= 11 is 0. The van der Waals surface area contributed by atoms with E-state index >= 15 is 0 Å². The highest BCUT2D eigenvalue weighted by Crippen LogP contribution is 2.31. The molecule has 0 amide bonds. The molecule has 1 aliphatic carbocycles. The molecule has 108 valence electrons. The summed E-state index contributed by atoms with van der Waals surface area (Å²) in [5.41, 5.74) is 0.481. The normalized spacial score (nSPS) is 17.8. The van der Waals surface area contributed by atoms with Crippen LogP contribution in [0.5, 0.6) is 0 Å². The maximum absolute atomic E-state index is 3.58. The van der Waals surface area contributed by atoms with Crippen molar-refractivity contribution in [2.45, 2.75) is 72.3 Å². The SMILES string of the molecule is CCNCC(CC)(CC)CN(CC)C1CCCC1. The Bertz CT molecular complexity index is 205. The van der Waals surface area contributed by atoms with Crippen molar-refractivity contribution in [2.24, 2.45) is 5.41 Å². The zero-order chi connectivity index (χ0) is 13.4. The Labute approximate surface area is 115 Å². The molecule has 0 aromatic rings. The minimum absolute atomic E-state index is 0.481. The van der Waals surface area contributed by atoms with Gasteiger partial charge in [0.15, 0.2) is 0 Å². The molecule has 0 aromatic carbocycles. The summed E-state index contributed by atoms with van der Waals surface area (Å²) in [7, 11) is 0. The first-order chi connectivity index (χ1) is 8.71. The lowest BCUT2D eigenvalue weighted by Crippen LogP contribution is -2.46. The highest BCUT2D eigenvalue weighted by atomic mass is 15.2. The lowest BCUT2D eigenvalue weighted by molar-refractivity contribution is 0.104. The van der Waals surface area contributed by atoms with E-state index in [-0.39, 0.29) is 0 Å². The smallest absolute Gasteiger partial charge is 0.00953 e. The van der Waals surface area contributed by atoms with Crippen molar-refractivity contribution in [1.29, 1.82) is 0 Å².